The Hall–Kier alpha value is -1.71. The van der Waals surface area contributed by atoms with Crippen LogP contribution in [0.15, 0.2) is 23.2 Å². The molecule has 2 rings (SSSR count). The number of guanidine groups is 1. The number of ether oxygens (including phenoxy) is 1. The molecule has 0 aromatic heterocycles. The molecule has 116 valence electrons. The van der Waals surface area contributed by atoms with E-state index in [2.05, 4.69) is 42.4 Å². The molecular weight excluding hydrogens is 262 g/mol. The Morgan fingerprint density at radius 1 is 1.43 bits per heavy atom. The number of hydrogen-bond donors (Lipinski definition) is 2. The van der Waals surface area contributed by atoms with Gasteiger partial charge in [-0.25, -0.2) is 4.99 Å². The highest BCUT2D eigenvalue weighted by atomic mass is 16.5. The molecule has 1 aromatic rings. The first-order valence-electron chi connectivity index (χ1n) is 7.95. The molecule has 1 aliphatic carbocycles. The minimum absolute atomic E-state index is 0.531. The van der Waals surface area contributed by atoms with Gasteiger partial charge in [0.25, 0.3) is 0 Å². The molecular formula is C17H27N3O. The predicted octanol–water partition coefficient (Wildman–Crippen LogP) is 2.99. The van der Waals surface area contributed by atoms with E-state index < -0.39 is 0 Å². The van der Waals surface area contributed by atoms with Crippen molar-refractivity contribution >= 4 is 5.96 Å². The van der Waals surface area contributed by atoms with Crippen molar-refractivity contribution in [1.29, 1.82) is 0 Å². The highest BCUT2D eigenvalue weighted by molar-refractivity contribution is 5.77. The van der Waals surface area contributed by atoms with Crippen LogP contribution >= 0.6 is 0 Å². The monoisotopic (exact) mass is 289 g/mol. The zero-order chi connectivity index (χ0) is 15.1. The molecule has 0 saturated heterocycles. The van der Waals surface area contributed by atoms with Crippen LogP contribution in [0.2, 0.25) is 0 Å². The summed E-state index contributed by atoms with van der Waals surface area (Å²) in [5, 5.41) is 3.22. The number of nitrogens with two attached hydrogens (primary N) is 1. The average molecular weight is 289 g/mol. The van der Waals surface area contributed by atoms with Crippen LogP contribution in [0, 0.1) is 12.8 Å². The van der Waals surface area contributed by atoms with E-state index in [1.807, 2.05) is 0 Å². The standard InChI is InChI=1S/C17H27N3O/c1-3-9-21-16-10-13(2)7-8-15(16)12-20-17(18)19-11-14-5-4-6-14/h7-8,10,14H,3-6,9,11-12H2,1-2H3,(H3,18,19,20). The van der Waals surface area contributed by atoms with Crippen molar-refractivity contribution < 1.29 is 4.74 Å². The maximum atomic E-state index is 5.93. The Kier molecular flexibility index (Phi) is 5.90. The summed E-state index contributed by atoms with van der Waals surface area (Å²) in [6.45, 7) is 6.41. The largest absolute Gasteiger partial charge is 0.493 e. The lowest BCUT2D eigenvalue weighted by molar-refractivity contribution is 0.313. The zero-order valence-electron chi connectivity index (χ0n) is 13.2. The van der Waals surface area contributed by atoms with Crippen molar-refractivity contribution in [3.8, 4) is 5.75 Å². The second-order valence-corrected chi connectivity index (χ2v) is 5.84. The Morgan fingerprint density at radius 3 is 2.90 bits per heavy atom. The van der Waals surface area contributed by atoms with E-state index in [9.17, 15) is 0 Å². The van der Waals surface area contributed by atoms with Crippen LogP contribution in [0.1, 0.15) is 43.7 Å². The summed E-state index contributed by atoms with van der Waals surface area (Å²) in [6, 6.07) is 6.23. The minimum atomic E-state index is 0.531. The fourth-order valence-corrected chi connectivity index (χ4v) is 2.31. The molecule has 0 atom stereocenters. The number of nitrogens with zero attached hydrogens (tertiary/aromatic N) is 1. The van der Waals surface area contributed by atoms with E-state index in [1.54, 1.807) is 0 Å². The molecule has 1 aromatic carbocycles. The first-order chi connectivity index (χ1) is 10.2. The molecule has 21 heavy (non-hydrogen) atoms. The van der Waals surface area contributed by atoms with E-state index in [0.717, 1.165) is 36.8 Å². The molecule has 1 saturated carbocycles. The number of hydrogen-bond acceptors (Lipinski definition) is 2. The summed E-state index contributed by atoms with van der Waals surface area (Å²) < 4.78 is 5.79. The number of benzene rings is 1. The van der Waals surface area contributed by atoms with E-state index >= 15 is 0 Å². The van der Waals surface area contributed by atoms with Crippen LogP contribution in [-0.2, 0) is 6.54 Å². The Balaban J connectivity index is 1.90. The van der Waals surface area contributed by atoms with Crippen molar-refractivity contribution in [3.05, 3.63) is 29.3 Å². The van der Waals surface area contributed by atoms with Gasteiger partial charge < -0.3 is 15.8 Å². The maximum Gasteiger partial charge on any atom is 0.188 e. The summed E-state index contributed by atoms with van der Waals surface area (Å²) >= 11 is 0. The third kappa shape index (κ3) is 4.96. The number of aryl methyl sites for hydroxylation is 1. The molecule has 0 spiro atoms. The fraction of sp³-hybridized carbons (Fsp3) is 0.588. The molecule has 0 radical (unpaired) electrons. The fourth-order valence-electron chi connectivity index (χ4n) is 2.31. The molecule has 0 unspecified atom stereocenters. The highest BCUT2D eigenvalue weighted by Gasteiger charge is 2.16. The van der Waals surface area contributed by atoms with Crippen molar-refractivity contribution in [2.75, 3.05) is 13.2 Å². The lowest BCUT2D eigenvalue weighted by Gasteiger charge is -2.25. The Bertz CT molecular complexity index is 481. The second-order valence-electron chi connectivity index (χ2n) is 5.84. The van der Waals surface area contributed by atoms with E-state index in [4.69, 9.17) is 10.5 Å². The van der Waals surface area contributed by atoms with Gasteiger partial charge in [-0.3, -0.25) is 0 Å². The quantitative estimate of drug-likeness (QED) is 0.599. The number of rotatable bonds is 7. The van der Waals surface area contributed by atoms with Crippen LogP contribution in [0.25, 0.3) is 0 Å². The SMILES string of the molecule is CCCOc1cc(C)ccc1CN=C(N)NCC1CCC1. The number of nitrogens with one attached hydrogen (secondary N) is 1. The van der Waals surface area contributed by atoms with Crippen LogP contribution in [0.5, 0.6) is 5.75 Å². The summed E-state index contributed by atoms with van der Waals surface area (Å²) in [5.41, 5.74) is 8.21. The first-order valence-corrected chi connectivity index (χ1v) is 7.95. The van der Waals surface area contributed by atoms with Gasteiger partial charge in [-0.1, -0.05) is 25.5 Å². The molecule has 0 bridgehead atoms. The van der Waals surface area contributed by atoms with Crippen molar-refractivity contribution in [3.63, 3.8) is 0 Å². The van der Waals surface area contributed by atoms with Gasteiger partial charge in [0.2, 0.25) is 0 Å². The van der Waals surface area contributed by atoms with Gasteiger partial charge in [0.1, 0.15) is 5.75 Å². The molecule has 1 fully saturated rings. The summed E-state index contributed by atoms with van der Waals surface area (Å²) in [5.74, 6) is 2.23. The molecule has 4 heteroatoms. The summed E-state index contributed by atoms with van der Waals surface area (Å²) in [4.78, 5) is 4.43. The van der Waals surface area contributed by atoms with Gasteiger partial charge in [-0.2, -0.15) is 0 Å². The number of aliphatic imine (C=N–C) groups is 1. The maximum absolute atomic E-state index is 5.93. The van der Waals surface area contributed by atoms with E-state index in [0.29, 0.717) is 12.5 Å². The van der Waals surface area contributed by atoms with Crippen molar-refractivity contribution in [1.82, 2.24) is 5.32 Å². The van der Waals surface area contributed by atoms with Gasteiger partial charge in [-0.15, -0.1) is 0 Å². The normalized spacial score (nSPS) is 15.6. The van der Waals surface area contributed by atoms with Crippen LogP contribution < -0.4 is 15.8 Å². The van der Waals surface area contributed by atoms with Gasteiger partial charge in [0.15, 0.2) is 5.96 Å². The summed E-state index contributed by atoms with van der Waals surface area (Å²) in [7, 11) is 0. The lowest BCUT2D eigenvalue weighted by Crippen LogP contribution is -2.37. The molecule has 0 amide bonds. The van der Waals surface area contributed by atoms with Gasteiger partial charge in [-0.05, 0) is 43.7 Å². The van der Waals surface area contributed by atoms with Crippen LogP contribution in [0.3, 0.4) is 0 Å². The molecule has 0 aliphatic heterocycles. The smallest absolute Gasteiger partial charge is 0.188 e. The molecule has 4 nitrogen and oxygen atoms in total. The third-order valence-corrected chi connectivity index (χ3v) is 3.90. The lowest BCUT2D eigenvalue weighted by atomic mass is 9.85. The van der Waals surface area contributed by atoms with Gasteiger partial charge >= 0.3 is 0 Å². The topological polar surface area (TPSA) is 59.6 Å². The second kappa shape index (κ2) is 7.91. The van der Waals surface area contributed by atoms with E-state index in [-0.39, 0.29) is 0 Å². The van der Waals surface area contributed by atoms with Crippen LogP contribution in [-0.4, -0.2) is 19.1 Å². The van der Waals surface area contributed by atoms with Crippen molar-refractivity contribution in [2.45, 2.75) is 46.1 Å². The highest BCUT2D eigenvalue weighted by Crippen LogP contribution is 2.25. The zero-order valence-corrected chi connectivity index (χ0v) is 13.2. The summed E-state index contributed by atoms with van der Waals surface area (Å²) in [6.07, 6.45) is 4.98. The Labute approximate surface area is 127 Å². The van der Waals surface area contributed by atoms with Crippen LogP contribution in [0.4, 0.5) is 0 Å². The molecule has 3 N–H and O–H groups in total. The average Bonchev–Trinajstić information content (AvgIpc) is 2.42. The molecule has 0 heterocycles. The minimum Gasteiger partial charge on any atom is -0.493 e. The first kappa shape index (κ1) is 15.7. The Morgan fingerprint density at radius 2 is 2.24 bits per heavy atom. The van der Waals surface area contributed by atoms with E-state index in [1.165, 1.54) is 24.8 Å². The molecule has 1 aliphatic rings. The van der Waals surface area contributed by atoms with Gasteiger partial charge in [0.05, 0.1) is 13.2 Å². The van der Waals surface area contributed by atoms with Crippen molar-refractivity contribution in [2.24, 2.45) is 16.6 Å². The van der Waals surface area contributed by atoms with Gasteiger partial charge in [0, 0.05) is 12.1 Å². The third-order valence-electron chi connectivity index (χ3n) is 3.90. The predicted molar refractivity (Wildman–Crippen MR) is 87.6 cm³/mol.